The lowest BCUT2D eigenvalue weighted by molar-refractivity contribution is -0.143. The van der Waals surface area contributed by atoms with Gasteiger partial charge in [-0.05, 0) is 68.1 Å². The molecule has 11 heteroatoms. The highest BCUT2D eigenvalue weighted by molar-refractivity contribution is 7.27. The number of carboxylic acids is 1. The molecule has 3 aliphatic rings. The van der Waals surface area contributed by atoms with Crippen LogP contribution in [-0.4, -0.2) is 70.8 Å². The van der Waals surface area contributed by atoms with Gasteiger partial charge in [0, 0.05) is 62.8 Å². The van der Waals surface area contributed by atoms with Gasteiger partial charge in [0.25, 0.3) is 5.92 Å². The molecule has 1 aliphatic carbocycles. The first-order valence-electron chi connectivity index (χ1n) is 14.3. The molecule has 2 aliphatic heterocycles. The van der Waals surface area contributed by atoms with Crippen molar-refractivity contribution < 1.29 is 28.2 Å². The summed E-state index contributed by atoms with van der Waals surface area (Å²) in [6, 6.07) is 4.70. The molecule has 0 bridgehead atoms. The Morgan fingerprint density at radius 1 is 1.30 bits per heavy atom. The Balaban J connectivity index is 1.18. The molecule has 2 fully saturated rings. The fourth-order valence-electron chi connectivity index (χ4n) is 5.98. The maximum Gasteiger partial charge on any atom is 0.325 e. The van der Waals surface area contributed by atoms with E-state index in [0.29, 0.717) is 43.0 Å². The largest absolute Gasteiger partial charge is 0.480 e. The van der Waals surface area contributed by atoms with Crippen molar-refractivity contribution in [2.75, 3.05) is 32.1 Å². The number of fused-ring (bicyclic) bond motifs is 1. The van der Waals surface area contributed by atoms with Gasteiger partial charge in [-0.2, -0.15) is 0 Å². The van der Waals surface area contributed by atoms with Gasteiger partial charge < -0.3 is 19.9 Å². The molecular formula is C29H39F2N4O4P. The van der Waals surface area contributed by atoms with Crippen LogP contribution in [-0.2, 0) is 22.4 Å². The number of carbonyl (C=O) groups is 1. The number of hydrogen-bond donors (Lipinski definition) is 2. The highest BCUT2D eigenvalue weighted by Crippen LogP contribution is 2.41. The van der Waals surface area contributed by atoms with Crippen molar-refractivity contribution >= 4 is 26.3 Å². The quantitative estimate of drug-likeness (QED) is 0.284. The van der Waals surface area contributed by atoms with Crippen LogP contribution in [0.3, 0.4) is 0 Å². The zero-order valence-corrected chi connectivity index (χ0v) is 24.1. The minimum atomic E-state index is -2.87. The second kappa shape index (κ2) is 12.6. The smallest absolute Gasteiger partial charge is 0.325 e. The van der Waals surface area contributed by atoms with E-state index in [9.17, 15) is 9.90 Å². The van der Waals surface area contributed by atoms with E-state index < -0.39 is 23.9 Å². The number of methoxy groups -OCH3 is 1. The highest BCUT2D eigenvalue weighted by Gasteiger charge is 2.46. The van der Waals surface area contributed by atoms with Crippen LogP contribution in [0, 0.1) is 5.92 Å². The summed E-state index contributed by atoms with van der Waals surface area (Å²) in [6.07, 6.45) is 6.86. The van der Waals surface area contributed by atoms with E-state index in [1.54, 1.807) is 24.3 Å². The minimum Gasteiger partial charge on any atom is -0.480 e. The number of aryl methyl sites for hydroxylation is 2. The van der Waals surface area contributed by atoms with Crippen LogP contribution < -0.4 is 15.4 Å². The number of halogens is 2. The van der Waals surface area contributed by atoms with Gasteiger partial charge >= 0.3 is 5.97 Å². The predicted molar refractivity (Wildman–Crippen MR) is 152 cm³/mol. The van der Waals surface area contributed by atoms with Crippen LogP contribution in [0.2, 0.25) is 0 Å². The molecule has 1 saturated carbocycles. The van der Waals surface area contributed by atoms with Crippen LogP contribution in [0.5, 0.6) is 5.88 Å². The first-order chi connectivity index (χ1) is 19.2. The molecular weight excluding hydrogens is 537 g/mol. The van der Waals surface area contributed by atoms with E-state index in [4.69, 9.17) is 9.47 Å². The first-order valence-corrected chi connectivity index (χ1v) is 14.8. The minimum absolute atomic E-state index is 0.0116. The molecule has 0 amide bonds. The van der Waals surface area contributed by atoms with Crippen molar-refractivity contribution in [3.05, 3.63) is 41.2 Å². The Hall–Kier alpha value is -2.42. The number of carboxylic acid groups (broad SMARTS) is 1. The third kappa shape index (κ3) is 6.72. The molecule has 8 nitrogen and oxygen atoms in total. The van der Waals surface area contributed by atoms with Gasteiger partial charge in [-0.15, -0.1) is 9.24 Å². The number of nitrogens with zero attached hydrogens (tertiary/aromatic N) is 3. The number of anilines is 1. The number of likely N-dealkylation sites (tertiary alicyclic amines) is 1. The van der Waals surface area contributed by atoms with E-state index in [-0.39, 0.29) is 44.0 Å². The zero-order chi connectivity index (χ0) is 28.3. The second-order valence-corrected chi connectivity index (χ2v) is 11.9. The number of hydrogen-bond acceptors (Lipinski definition) is 7. The Morgan fingerprint density at radius 2 is 2.12 bits per heavy atom. The second-order valence-electron chi connectivity index (χ2n) is 11.3. The molecule has 3 unspecified atom stereocenters. The molecule has 3 atom stereocenters. The van der Waals surface area contributed by atoms with Crippen LogP contribution in [0.4, 0.5) is 14.6 Å². The van der Waals surface area contributed by atoms with E-state index in [1.807, 2.05) is 6.07 Å². The number of aliphatic carboxylic acids is 1. The molecule has 1 saturated heterocycles. The third-order valence-corrected chi connectivity index (χ3v) is 8.73. The maximum atomic E-state index is 15.3. The Bertz CT molecular complexity index is 1200. The fourth-order valence-corrected chi connectivity index (χ4v) is 6.23. The lowest BCUT2D eigenvalue weighted by atomic mass is 9.92. The van der Waals surface area contributed by atoms with Gasteiger partial charge in [-0.1, -0.05) is 6.07 Å². The summed E-state index contributed by atoms with van der Waals surface area (Å²) in [5.41, 5.74) is 2.54. The molecule has 0 radical (unpaired) electrons. The molecule has 2 aromatic rings. The number of pyridine rings is 2. The van der Waals surface area contributed by atoms with Crippen LogP contribution in [0.1, 0.15) is 67.8 Å². The predicted octanol–water partition coefficient (Wildman–Crippen LogP) is 4.39. The monoisotopic (exact) mass is 576 g/mol. The standard InChI is InChI=1S/C29H39F2N4O4P/c1-38-21-13-22(14-21)39-27-24(15-23(40)16-33-27)25(28(36)37)35-12-9-19(17-35)29(30,31)10-3-2-6-20-8-7-18-5-4-11-32-26(18)34-20/h7-8,15-16,19,21-22,25H,2-6,9-14,17,40H2,1H3,(H,32,34)(H,36,37). The lowest BCUT2D eigenvalue weighted by Crippen LogP contribution is -2.40. The van der Waals surface area contributed by atoms with Crippen molar-refractivity contribution in [2.45, 2.75) is 82.0 Å². The van der Waals surface area contributed by atoms with Gasteiger partial charge in [0.1, 0.15) is 18.0 Å². The number of aromatic nitrogens is 2. The lowest BCUT2D eigenvalue weighted by Gasteiger charge is -2.35. The van der Waals surface area contributed by atoms with Gasteiger partial charge in [-0.3, -0.25) is 9.69 Å². The Morgan fingerprint density at radius 3 is 2.90 bits per heavy atom. The van der Waals surface area contributed by atoms with E-state index in [1.165, 1.54) is 5.56 Å². The summed E-state index contributed by atoms with van der Waals surface area (Å²) in [4.78, 5) is 23.1. The summed E-state index contributed by atoms with van der Waals surface area (Å²) in [5, 5.41) is 14.2. The molecule has 0 spiro atoms. The normalized spacial score (nSPS) is 23.6. The molecule has 218 valence electrons. The number of rotatable bonds is 12. The number of nitrogens with one attached hydrogen (secondary N) is 1. The maximum absolute atomic E-state index is 15.3. The van der Waals surface area contributed by atoms with Crippen molar-refractivity contribution in [1.82, 2.24) is 14.9 Å². The number of ether oxygens (including phenoxy) is 2. The summed E-state index contributed by atoms with van der Waals surface area (Å²) < 4.78 is 42.0. The average Bonchev–Trinajstić information content (AvgIpc) is 3.40. The van der Waals surface area contributed by atoms with Crippen LogP contribution in [0.15, 0.2) is 24.4 Å². The molecule has 40 heavy (non-hydrogen) atoms. The Labute approximate surface area is 236 Å². The Kier molecular flexibility index (Phi) is 9.18. The topological polar surface area (TPSA) is 96.8 Å². The van der Waals surface area contributed by atoms with Gasteiger partial charge in [0.2, 0.25) is 5.88 Å². The van der Waals surface area contributed by atoms with Crippen LogP contribution in [0.25, 0.3) is 0 Å². The van der Waals surface area contributed by atoms with Gasteiger partial charge in [0.05, 0.1) is 6.10 Å². The van der Waals surface area contributed by atoms with Gasteiger partial charge in [-0.25, -0.2) is 18.7 Å². The van der Waals surface area contributed by atoms with Crippen molar-refractivity contribution in [2.24, 2.45) is 5.92 Å². The SMILES string of the molecule is COC1CC(Oc2ncc(P)cc2C(C(=O)O)N2CCC(C(F)(F)CCCCc3ccc4c(n3)NCCC4)C2)C1. The van der Waals surface area contributed by atoms with E-state index in [0.717, 1.165) is 30.9 Å². The highest BCUT2D eigenvalue weighted by atomic mass is 31.0. The summed E-state index contributed by atoms with van der Waals surface area (Å²) in [7, 11) is 4.17. The third-order valence-electron chi connectivity index (χ3n) is 8.42. The van der Waals surface area contributed by atoms with Crippen molar-refractivity contribution in [3.8, 4) is 5.88 Å². The van der Waals surface area contributed by atoms with E-state index >= 15 is 8.78 Å². The number of unbranched alkanes of at least 4 members (excludes halogenated alkanes) is 1. The van der Waals surface area contributed by atoms with E-state index in [2.05, 4.69) is 30.6 Å². The molecule has 2 aromatic heterocycles. The molecule has 2 N–H and O–H groups in total. The summed E-state index contributed by atoms with van der Waals surface area (Å²) >= 11 is 0. The number of alkyl halides is 2. The van der Waals surface area contributed by atoms with Crippen LogP contribution >= 0.6 is 9.24 Å². The molecule has 5 rings (SSSR count). The summed E-state index contributed by atoms with van der Waals surface area (Å²) in [6.45, 7) is 1.20. The molecule has 4 heterocycles. The molecule has 0 aromatic carbocycles. The first kappa shape index (κ1) is 29.1. The van der Waals surface area contributed by atoms with Crippen molar-refractivity contribution in [3.63, 3.8) is 0 Å². The zero-order valence-electron chi connectivity index (χ0n) is 23.0. The van der Waals surface area contributed by atoms with Gasteiger partial charge in [0.15, 0.2) is 0 Å². The average molecular weight is 577 g/mol. The fraction of sp³-hybridized carbons (Fsp3) is 0.621. The van der Waals surface area contributed by atoms with Crippen molar-refractivity contribution in [1.29, 1.82) is 0 Å². The summed E-state index contributed by atoms with van der Waals surface area (Å²) in [5.74, 6) is -3.69.